The molecule has 0 unspecified atom stereocenters. The number of esters is 1. The van der Waals surface area contributed by atoms with Crippen LogP contribution in [0.25, 0.3) is 0 Å². The molecule has 1 saturated carbocycles. The van der Waals surface area contributed by atoms with Crippen molar-refractivity contribution >= 4 is 17.6 Å². The van der Waals surface area contributed by atoms with Gasteiger partial charge in [-0.2, -0.15) is 0 Å². The van der Waals surface area contributed by atoms with Crippen LogP contribution in [0.3, 0.4) is 0 Å². The molecule has 41 heavy (non-hydrogen) atoms. The quantitative estimate of drug-likeness (QED) is 0.225. The zero-order chi connectivity index (χ0) is 28.8. The summed E-state index contributed by atoms with van der Waals surface area (Å²) in [4.78, 5) is 28.0. The van der Waals surface area contributed by atoms with E-state index in [0.29, 0.717) is 30.2 Å². The third-order valence-electron chi connectivity index (χ3n) is 8.36. The standard InChI is InChI=1S/C36H43NO4/c1-4-7-26-10-12-28(13-11-26)14-15-29-16-18-30(19-17-29)25-37(34(38)23-20-27-8-5-6-9-27)31-21-22-32-33(24-31)40-36(2,3)41-35(32)39/h10-13,16-19,21-22,24,27H,4-9,14-15,20,23,25H2,1-3H3. The molecule has 5 nitrogen and oxygen atoms in total. The van der Waals surface area contributed by atoms with Crippen molar-refractivity contribution in [1.82, 2.24) is 0 Å². The minimum absolute atomic E-state index is 0.102. The first-order valence-electron chi connectivity index (χ1n) is 15.3. The van der Waals surface area contributed by atoms with Crippen LogP contribution in [0.5, 0.6) is 5.75 Å². The maximum Gasteiger partial charge on any atom is 0.345 e. The summed E-state index contributed by atoms with van der Waals surface area (Å²) in [7, 11) is 0. The average molecular weight is 554 g/mol. The fourth-order valence-electron chi connectivity index (χ4n) is 6.02. The van der Waals surface area contributed by atoms with Crippen molar-refractivity contribution in [1.29, 1.82) is 0 Å². The molecule has 1 aliphatic carbocycles. The topological polar surface area (TPSA) is 55.8 Å². The van der Waals surface area contributed by atoms with Gasteiger partial charge in [-0.3, -0.25) is 4.79 Å². The Labute approximate surface area is 244 Å². The van der Waals surface area contributed by atoms with E-state index in [1.807, 2.05) is 17.0 Å². The lowest BCUT2D eigenvalue weighted by molar-refractivity contribution is -0.127. The molecule has 0 saturated heterocycles. The van der Waals surface area contributed by atoms with Crippen LogP contribution in [0.1, 0.15) is 98.3 Å². The van der Waals surface area contributed by atoms with Crippen LogP contribution in [-0.4, -0.2) is 17.7 Å². The lowest BCUT2D eigenvalue weighted by Gasteiger charge is -2.32. The van der Waals surface area contributed by atoms with Gasteiger partial charge in [-0.1, -0.05) is 87.6 Å². The number of anilines is 1. The van der Waals surface area contributed by atoms with Crippen molar-refractivity contribution in [2.45, 2.75) is 97.3 Å². The monoisotopic (exact) mass is 553 g/mol. The summed E-state index contributed by atoms with van der Waals surface area (Å²) in [5, 5.41) is 0. The lowest BCUT2D eigenvalue weighted by atomic mass is 10.0. The van der Waals surface area contributed by atoms with Crippen molar-refractivity contribution in [3.63, 3.8) is 0 Å². The molecule has 0 N–H and O–H groups in total. The number of rotatable bonds is 11. The normalized spacial score (nSPS) is 16.1. The number of aryl methyl sites for hydroxylation is 3. The van der Waals surface area contributed by atoms with E-state index >= 15 is 0 Å². The van der Waals surface area contributed by atoms with Gasteiger partial charge in [0.25, 0.3) is 0 Å². The summed E-state index contributed by atoms with van der Waals surface area (Å²) < 4.78 is 11.3. The molecule has 3 aromatic carbocycles. The molecule has 0 aromatic heterocycles. The van der Waals surface area contributed by atoms with Gasteiger partial charge in [-0.05, 0) is 66.0 Å². The summed E-state index contributed by atoms with van der Waals surface area (Å²) in [5.41, 5.74) is 6.24. The maximum absolute atomic E-state index is 13.6. The van der Waals surface area contributed by atoms with E-state index in [9.17, 15) is 9.59 Å². The van der Waals surface area contributed by atoms with E-state index in [2.05, 4.69) is 55.5 Å². The highest BCUT2D eigenvalue weighted by molar-refractivity contribution is 5.97. The highest BCUT2D eigenvalue weighted by atomic mass is 16.7. The molecule has 216 valence electrons. The number of amides is 1. The molecule has 0 spiro atoms. The van der Waals surface area contributed by atoms with Gasteiger partial charge in [0.15, 0.2) is 0 Å². The molecular weight excluding hydrogens is 510 g/mol. The number of hydrogen-bond acceptors (Lipinski definition) is 4. The van der Waals surface area contributed by atoms with Gasteiger partial charge in [0, 0.05) is 32.0 Å². The zero-order valence-corrected chi connectivity index (χ0v) is 24.8. The van der Waals surface area contributed by atoms with E-state index in [-0.39, 0.29) is 5.91 Å². The lowest BCUT2D eigenvalue weighted by Crippen LogP contribution is -2.39. The SMILES string of the molecule is CCCc1ccc(CCc2ccc(CN(C(=O)CCC3CCCC3)c3ccc4c(c3)OC(C)(C)OC4=O)cc2)cc1. The Hall–Kier alpha value is -3.60. The molecule has 3 aromatic rings. The Balaban J connectivity index is 1.29. The van der Waals surface area contributed by atoms with Crippen molar-refractivity contribution in [3.05, 3.63) is 94.5 Å². The average Bonchev–Trinajstić information content (AvgIpc) is 3.48. The highest BCUT2D eigenvalue weighted by Crippen LogP contribution is 2.35. The van der Waals surface area contributed by atoms with Gasteiger partial charge in [-0.25, -0.2) is 4.79 Å². The second-order valence-corrected chi connectivity index (χ2v) is 12.1. The van der Waals surface area contributed by atoms with E-state index in [0.717, 1.165) is 36.9 Å². The first-order valence-corrected chi connectivity index (χ1v) is 15.3. The Morgan fingerprint density at radius 1 is 0.829 bits per heavy atom. The molecule has 5 heteroatoms. The highest BCUT2D eigenvalue weighted by Gasteiger charge is 2.34. The van der Waals surface area contributed by atoms with Crippen LogP contribution in [0.15, 0.2) is 66.7 Å². The van der Waals surface area contributed by atoms with Gasteiger partial charge in [0.05, 0.1) is 6.54 Å². The molecule has 1 fully saturated rings. The number of ether oxygens (including phenoxy) is 2. The summed E-state index contributed by atoms with van der Waals surface area (Å²) >= 11 is 0. The van der Waals surface area contributed by atoms with Crippen molar-refractivity contribution in [2.24, 2.45) is 5.92 Å². The molecule has 0 bridgehead atoms. The van der Waals surface area contributed by atoms with E-state index in [1.54, 1.807) is 19.9 Å². The Bertz CT molecular complexity index is 1340. The second kappa shape index (κ2) is 12.9. The van der Waals surface area contributed by atoms with Crippen LogP contribution in [0, 0.1) is 5.92 Å². The Kier molecular flexibility index (Phi) is 9.12. The number of cyclic esters (lactones) is 1. The number of carbonyl (C=O) groups is 2. The summed E-state index contributed by atoms with van der Waals surface area (Å²) in [5.74, 6) is -0.256. The molecule has 1 aliphatic heterocycles. The van der Waals surface area contributed by atoms with E-state index in [1.165, 1.54) is 48.8 Å². The molecule has 0 atom stereocenters. The molecule has 0 radical (unpaired) electrons. The Morgan fingerprint density at radius 3 is 2.02 bits per heavy atom. The van der Waals surface area contributed by atoms with Gasteiger partial charge in [0.1, 0.15) is 11.3 Å². The van der Waals surface area contributed by atoms with Crippen LogP contribution in [0.4, 0.5) is 5.69 Å². The molecular formula is C36H43NO4. The fraction of sp³-hybridized carbons (Fsp3) is 0.444. The van der Waals surface area contributed by atoms with Gasteiger partial charge < -0.3 is 14.4 Å². The fourth-order valence-corrected chi connectivity index (χ4v) is 6.02. The van der Waals surface area contributed by atoms with Gasteiger partial charge >= 0.3 is 5.97 Å². The predicted molar refractivity (Wildman–Crippen MR) is 163 cm³/mol. The van der Waals surface area contributed by atoms with E-state index in [4.69, 9.17) is 9.47 Å². The smallest absolute Gasteiger partial charge is 0.345 e. The number of benzene rings is 3. The molecule has 1 heterocycles. The minimum Gasteiger partial charge on any atom is -0.452 e. The van der Waals surface area contributed by atoms with Crippen molar-refractivity contribution < 1.29 is 19.1 Å². The minimum atomic E-state index is -1.05. The first kappa shape index (κ1) is 28.9. The largest absolute Gasteiger partial charge is 0.452 e. The van der Waals surface area contributed by atoms with Crippen LogP contribution < -0.4 is 9.64 Å². The van der Waals surface area contributed by atoms with Crippen LogP contribution >= 0.6 is 0 Å². The molecule has 5 rings (SSSR count). The van der Waals surface area contributed by atoms with Crippen molar-refractivity contribution in [3.8, 4) is 5.75 Å². The number of fused-ring (bicyclic) bond motifs is 1. The Morgan fingerprint density at radius 2 is 1.41 bits per heavy atom. The van der Waals surface area contributed by atoms with Gasteiger partial charge in [-0.15, -0.1) is 0 Å². The van der Waals surface area contributed by atoms with E-state index < -0.39 is 11.8 Å². The molecule has 2 aliphatic rings. The third-order valence-corrected chi connectivity index (χ3v) is 8.36. The second-order valence-electron chi connectivity index (χ2n) is 12.1. The zero-order valence-electron chi connectivity index (χ0n) is 24.8. The summed E-state index contributed by atoms with van der Waals surface area (Å²) in [6.45, 7) is 6.11. The van der Waals surface area contributed by atoms with Crippen molar-refractivity contribution in [2.75, 3.05) is 4.90 Å². The number of hydrogen-bond donors (Lipinski definition) is 0. The number of nitrogens with zero attached hydrogens (tertiary/aromatic N) is 1. The predicted octanol–water partition coefficient (Wildman–Crippen LogP) is 8.21. The maximum atomic E-state index is 13.6. The number of carbonyl (C=O) groups excluding carboxylic acids is 2. The third kappa shape index (κ3) is 7.58. The van der Waals surface area contributed by atoms with Crippen LogP contribution in [0.2, 0.25) is 0 Å². The molecule has 1 amide bonds. The first-order chi connectivity index (χ1) is 19.8. The van der Waals surface area contributed by atoms with Crippen LogP contribution in [-0.2, 0) is 35.3 Å². The summed E-state index contributed by atoms with van der Waals surface area (Å²) in [6, 6.07) is 22.9. The van der Waals surface area contributed by atoms with Gasteiger partial charge in [0.2, 0.25) is 11.7 Å². The summed E-state index contributed by atoms with van der Waals surface area (Å²) in [6.07, 6.45) is 10.7.